The molecule has 11 heavy (non-hydrogen) atoms. The average molecular weight is 208 g/mol. The number of halogens is 3. The molecule has 6 heteroatoms. The third-order valence-electron chi connectivity index (χ3n) is 0.883. The maximum atomic E-state index is 6.63. The van der Waals surface area contributed by atoms with E-state index >= 15 is 0 Å². The molecular formula is C5Cl3N3. The predicted octanol–water partition coefficient (Wildman–Crippen LogP) is 2.99. The van der Waals surface area contributed by atoms with Gasteiger partial charge < -0.3 is 0 Å². The van der Waals surface area contributed by atoms with Crippen molar-refractivity contribution in [3.8, 4) is 0 Å². The summed E-state index contributed by atoms with van der Waals surface area (Å²) in [5.41, 5.74) is 0.0257. The lowest BCUT2D eigenvalue weighted by Gasteiger charge is -1.95. The van der Waals surface area contributed by atoms with Gasteiger partial charge in [0.05, 0.1) is 6.57 Å². The molecule has 0 bridgehead atoms. The zero-order chi connectivity index (χ0) is 8.43. The first-order valence-electron chi connectivity index (χ1n) is 2.41. The fourth-order valence-corrected chi connectivity index (χ4v) is 1.20. The molecule has 56 valence electrons. The summed E-state index contributed by atoms with van der Waals surface area (Å²) in [6.07, 6.45) is 0. The monoisotopic (exact) mass is 207 g/mol. The Kier molecular flexibility index (Phi) is 2.50. The van der Waals surface area contributed by atoms with Gasteiger partial charge >= 0.3 is 0 Å². The summed E-state index contributed by atoms with van der Waals surface area (Å²) in [6.45, 7) is 6.63. The molecule has 1 aromatic rings. The summed E-state index contributed by atoms with van der Waals surface area (Å²) in [7, 11) is 0. The van der Waals surface area contributed by atoms with Gasteiger partial charge in [0, 0.05) is 0 Å². The van der Waals surface area contributed by atoms with E-state index in [1.807, 2.05) is 0 Å². The Morgan fingerprint density at radius 2 is 1.55 bits per heavy atom. The van der Waals surface area contributed by atoms with Gasteiger partial charge in [-0.25, -0.2) is 14.8 Å². The third-order valence-corrected chi connectivity index (χ3v) is 1.58. The maximum Gasteiger partial charge on any atom is 0.260 e. The van der Waals surface area contributed by atoms with Gasteiger partial charge in [0.2, 0.25) is 5.28 Å². The van der Waals surface area contributed by atoms with Crippen LogP contribution in [-0.4, -0.2) is 9.97 Å². The van der Waals surface area contributed by atoms with Crippen molar-refractivity contribution >= 4 is 40.5 Å². The minimum absolute atomic E-state index is 0.0231. The van der Waals surface area contributed by atoms with Gasteiger partial charge in [0.1, 0.15) is 10.3 Å². The molecular weight excluding hydrogens is 208 g/mol. The van der Waals surface area contributed by atoms with E-state index in [9.17, 15) is 0 Å². The molecule has 0 radical (unpaired) electrons. The highest BCUT2D eigenvalue weighted by Gasteiger charge is 2.09. The summed E-state index contributed by atoms with van der Waals surface area (Å²) in [5, 5.41) is -0.109. The van der Waals surface area contributed by atoms with Crippen LogP contribution in [-0.2, 0) is 0 Å². The van der Waals surface area contributed by atoms with Crippen LogP contribution in [0.2, 0.25) is 15.6 Å². The molecule has 1 heterocycles. The molecule has 3 nitrogen and oxygen atoms in total. The molecule has 0 fully saturated rings. The van der Waals surface area contributed by atoms with E-state index in [4.69, 9.17) is 41.4 Å². The van der Waals surface area contributed by atoms with E-state index in [2.05, 4.69) is 14.8 Å². The van der Waals surface area contributed by atoms with E-state index in [1.165, 1.54) is 0 Å². The van der Waals surface area contributed by atoms with Gasteiger partial charge in [-0.2, -0.15) is 0 Å². The van der Waals surface area contributed by atoms with Crippen molar-refractivity contribution in [2.45, 2.75) is 0 Å². The maximum absolute atomic E-state index is 6.63. The molecule has 0 saturated carbocycles. The molecule has 0 unspecified atom stereocenters. The van der Waals surface area contributed by atoms with Gasteiger partial charge in [0.15, 0.2) is 0 Å². The Labute approximate surface area is 77.7 Å². The molecule has 0 spiro atoms. The lowest BCUT2D eigenvalue weighted by Crippen LogP contribution is -1.83. The third kappa shape index (κ3) is 1.72. The predicted molar refractivity (Wildman–Crippen MR) is 43.3 cm³/mol. The first kappa shape index (κ1) is 8.54. The van der Waals surface area contributed by atoms with Crippen molar-refractivity contribution in [3.05, 3.63) is 27.0 Å². The fraction of sp³-hybridized carbons (Fsp3) is 0. The van der Waals surface area contributed by atoms with Crippen molar-refractivity contribution in [1.29, 1.82) is 0 Å². The van der Waals surface area contributed by atoms with E-state index in [0.29, 0.717) is 0 Å². The van der Waals surface area contributed by atoms with E-state index in [-0.39, 0.29) is 21.3 Å². The van der Waals surface area contributed by atoms with Gasteiger partial charge in [-0.1, -0.05) is 23.2 Å². The second-order valence-corrected chi connectivity index (χ2v) is 2.59. The lowest BCUT2D eigenvalue weighted by atomic mass is 10.6. The van der Waals surface area contributed by atoms with Crippen LogP contribution in [0, 0.1) is 6.57 Å². The highest BCUT2D eigenvalue weighted by molar-refractivity contribution is 6.39. The topological polar surface area (TPSA) is 30.1 Å². The Morgan fingerprint density at radius 3 is 1.91 bits per heavy atom. The SMILES string of the molecule is [C-]#[N+]c1c(Cl)nc(Cl)nc1Cl. The first-order chi connectivity index (χ1) is 5.15. The van der Waals surface area contributed by atoms with Gasteiger partial charge in [0.25, 0.3) is 5.69 Å². The summed E-state index contributed by atoms with van der Waals surface area (Å²) in [5.74, 6) is 0. The van der Waals surface area contributed by atoms with E-state index in [0.717, 1.165) is 0 Å². The van der Waals surface area contributed by atoms with Crippen LogP contribution < -0.4 is 0 Å². The summed E-state index contributed by atoms with van der Waals surface area (Å²) in [6, 6.07) is 0. The van der Waals surface area contributed by atoms with Gasteiger partial charge in [-0.05, 0) is 11.6 Å². The Bertz CT molecular complexity index is 307. The summed E-state index contributed by atoms with van der Waals surface area (Å²) in [4.78, 5) is 10.1. The van der Waals surface area contributed by atoms with Crippen molar-refractivity contribution in [3.63, 3.8) is 0 Å². The Morgan fingerprint density at radius 1 is 1.09 bits per heavy atom. The molecule has 0 atom stereocenters. The van der Waals surface area contributed by atoms with Crippen LogP contribution in [0.4, 0.5) is 5.69 Å². The van der Waals surface area contributed by atoms with Crippen LogP contribution >= 0.6 is 34.8 Å². The number of nitrogens with zero attached hydrogens (tertiary/aromatic N) is 3. The average Bonchev–Trinajstić information content (AvgIpc) is 1.85. The second-order valence-electron chi connectivity index (χ2n) is 1.53. The molecule has 0 N–H and O–H groups in total. The van der Waals surface area contributed by atoms with E-state index < -0.39 is 0 Å². The van der Waals surface area contributed by atoms with Crippen LogP contribution in [0.25, 0.3) is 4.85 Å². The van der Waals surface area contributed by atoms with Crippen molar-refractivity contribution < 1.29 is 0 Å². The highest BCUT2D eigenvalue weighted by Crippen LogP contribution is 2.30. The minimum Gasteiger partial charge on any atom is -0.232 e. The van der Waals surface area contributed by atoms with Crippen molar-refractivity contribution in [2.75, 3.05) is 0 Å². The standard InChI is InChI=1S/C5Cl3N3/c1-9-2-3(6)10-5(8)11-4(2)7. The zero-order valence-electron chi connectivity index (χ0n) is 4.98. The molecule has 1 aromatic heterocycles. The van der Waals surface area contributed by atoms with Crippen molar-refractivity contribution in [1.82, 2.24) is 9.97 Å². The van der Waals surface area contributed by atoms with Crippen LogP contribution in [0.3, 0.4) is 0 Å². The minimum atomic E-state index is -0.0626. The lowest BCUT2D eigenvalue weighted by molar-refractivity contribution is 1.18. The summed E-state index contributed by atoms with van der Waals surface area (Å²) >= 11 is 16.4. The van der Waals surface area contributed by atoms with Gasteiger partial charge in [-0.3, -0.25) is 0 Å². The second kappa shape index (κ2) is 3.22. The number of hydrogen-bond donors (Lipinski definition) is 0. The Balaban J connectivity index is 3.40. The fourth-order valence-electron chi connectivity index (χ4n) is 0.470. The number of aromatic nitrogens is 2. The number of rotatable bonds is 0. The van der Waals surface area contributed by atoms with Crippen molar-refractivity contribution in [2.24, 2.45) is 0 Å². The summed E-state index contributed by atoms with van der Waals surface area (Å²) < 4.78 is 0. The van der Waals surface area contributed by atoms with E-state index in [1.54, 1.807) is 0 Å². The molecule has 0 aliphatic rings. The number of hydrogen-bond acceptors (Lipinski definition) is 2. The van der Waals surface area contributed by atoms with Crippen LogP contribution in [0.15, 0.2) is 0 Å². The van der Waals surface area contributed by atoms with Gasteiger partial charge in [-0.15, -0.1) is 0 Å². The highest BCUT2D eigenvalue weighted by atomic mass is 35.5. The van der Waals surface area contributed by atoms with Crippen LogP contribution in [0.5, 0.6) is 0 Å². The largest absolute Gasteiger partial charge is 0.260 e. The first-order valence-corrected chi connectivity index (χ1v) is 3.54. The molecule has 0 aliphatic heterocycles. The molecule has 1 rings (SSSR count). The quantitative estimate of drug-likeness (QED) is 0.373. The Hall–Kier alpha value is -0.560. The molecule has 0 aromatic carbocycles. The molecule has 0 amide bonds. The van der Waals surface area contributed by atoms with Crippen LogP contribution in [0.1, 0.15) is 0 Å². The smallest absolute Gasteiger partial charge is 0.232 e. The normalized spacial score (nSPS) is 9.27. The molecule has 0 saturated heterocycles. The molecule has 0 aliphatic carbocycles. The zero-order valence-corrected chi connectivity index (χ0v) is 7.24.